The number of ether oxygens (including phenoxy) is 2. The first-order valence-corrected chi connectivity index (χ1v) is 6.49. The molecule has 5 heteroatoms. The van der Waals surface area contributed by atoms with E-state index < -0.39 is 0 Å². The van der Waals surface area contributed by atoms with E-state index in [1.54, 1.807) is 11.3 Å². The molecule has 0 amide bonds. The zero-order valence-corrected chi connectivity index (χ0v) is 10.2. The van der Waals surface area contributed by atoms with Crippen molar-refractivity contribution in [3.8, 4) is 5.19 Å². The molecule has 1 aliphatic rings. The number of thiazole rings is 1. The number of hydrogen-bond acceptors (Lipinski definition) is 5. The average molecular weight is 250 g/mol. The van der Waals surface area contributed by atoms with Gasteiger partial charge in [0.05, 0.1) is 23.4 Å². The van der Waals surface area contributed by atoms with Gasteiger partial charge in [0.2, 0.25) is 0 Å². The van der Waals surface area contributed by atoms with E-state index in [0.717, 1.165) is 40.7 Å². The lowest BCUT2D eigenvalue weighted by Gasteiger charge is -2.06. The molecular formula is C12H14N2O2S. The van der Waals surface area contributed by atoms with E-state index in [2.05, 4.69) is 4.98 Å². The molecular weight excluding hydrogens is 236 g/mol. The van der Waals surface area contributed by atoms with Gasteiger partial charge in [0.1, 0.15) is 0 Å². The Morgan fingerprint density at radius 2 is 2.47 bits per heavy atom. The second kappa shape index (κ2) is 4.50. The zero-order valence-electron chi connectivity index (χ0n) is 9.39. The lowest BCUT2D eigenvalue weighted by molar-refractivity contribution is 0.167. The van der Waals surface area contributed by atoms with Crippen molar-refractivity contribution in [3.63, 3.8) is 0 Å². The minimum Gasteiger partial charge on any atom is -0.470 e. The number of benzene rings is 1. The molecule has 4 nitrogen and oxygen atoms in total. The summed E-state index contributed by atoms with van der Waals surface area (Å²) in [5.41, 5.74) is 7.44. The highest BCUT2D eigenvalue weighted by atomic mass is 32.1. The van der Waals surface area contributed by atoms with Crippen molar-refractivity contribution in [3.05, 3.63) is 18.2 Å². The number of aromatic nitrogens is 1. The highest BCUT2D eigenvalue weighted by molar-refractivity contribution is 7.20. The normalized spacial score (nSPS) is 19.9. The van der Waals surface area contributed by atoms with Crippen LogP contribution in [0.4, 0.5) is 5.69 Å². The van der Waals surface area contributed by atoms with Gasteiger partial charge in [-0.2, -0.15) is 0 Å². The van der Waals surface area contributed by atoms with E-state index in [0.29, 0.717) is 12.5 Å². The molecule has 0 aliphatic carbocycles. The standard InChI is InChI=1S/C12H14N2O2S/c13-9-1-2-10-11(5-9)17-12(14-10)16-7-8-3-4-15-6-8/h1-2,5,8H,3-4,6-7,13H2. The summed E-state index contributed by atoms with van der Waals surface area (Å²) in [6, 6.07) is 5.71. The maximum absolute atomic E-state index is 5.73. The molecule has 90 valence electrons. The molecule has 3 rings (SSSR count). The van der Waals surface area contributed by atoms with Gasteiger partial charge in [-0.3, -0.25) is 0 Å². The van der Waals surface area contributed by atoms with Gasteiger partial charge in [-0.25, -0.2) is 4.98 Å². The Morgan fingerprint density at radius 3 is 3.29 bits per heavy atom. The molecule has 1 aromatic carbocycles. The SMILES string of the molecule is Nc1ccc2nc(OCC3CCOC3)sc2c1. The number of anilines is 1. The fourth-order valence-electron chi connectivity index (χ4n) is 1.89. The Morgan fingerprint density at radius 1 is 1.53 bits per heavy atom. The summed E-state index contributed by atoms with van der Waals surface area (Å²) in [5, 5.41) is 0.720. The van der Waals surface area contributed by atoms with Gasteiger partial charge >= 0.3 is 0 Å². The predicted octanol–water partition coefficient (Wildman–Crippen LogP) is 2.29. The van der Waals surface area contributed by atoms with Gasteiger partial charge in [0, 0.05) is 18.2 Å². The monoisotopic (exact) mass is 250 g/mol. The molecule has 1 aliphatic heterocycles. The third kappa shape index (κ3) is 2.35. The Balaban J connectivity index is 1.72. The quantitative estimate of drug-likeness (QED) is 0.849. The molecule has 0 bridgehead atoms. The van der Waals surface area contributed by atoms with Gasteiger partial charge in [0.25, 0.3) is 5.19 Å². The summed E-state index contributed by atoms with van der Waals surface area (Å²) in [4.78, 5) is 4.41. The number of rotatable bonds is 3. The molecule has 1 unspecified atom stereocenters. The van der Waals surface area contributed by atoms with Crippen molar-refractivity contribution in [2.45, 2.75) is 6.42 Å². The Bertz CT molecular complexity index is 520. The lowest BCUT2D eigenvalue weighted by atomic mass is 10.1. The molecule has 0 spiro atoms. The van der Waals surface area contributed by atoms with E-state index in [1.165, 1.54) is 0 Å². The van der Waals surface area contributed by atoms with Gasteiger partial charge in [0.15, 0.2) is 0 Å². The number of nitrogen functional groups attached to an aromatic ring is 1. The molecule has 1 atom stereocenters. The molecule has 1 aromatic heterocycles. The number of nitrogens with zero attached hydrogens (tertiary/aromatic N) is 1. The fraction of sp³-hybridized carbons (Fsp3) is 0.417. The summed E-state index contributed by atoms with van der Waals surface area (Å²) in [7, 11) is 0. The molecule has 2 N–H and O–H groups in total. The third-order valence-corrected chi connectivity index (χ3v) is 3.79. The summed E-state index contributed by atoms with van der Waals surface area (Å²) < 4.78 is 12.1. The topological polar surface area (TPSA) is 57.4 Å². The molecule has 0 radical (unpaired) electrons. The van der Waals surface area contributed by atoms with Gasteiger partial charge in [-0.1, -0.05) is 11.3 Å². The van der Waals surface area contributed by atoms with Crippen molar-refractivity contribution in [2.75, 3.05) is 25.6 Å². The largest absolute Gasteiger partial charge is 0.470 e. The average Bonchev–Trinajstić information content (AvgIpc) is 2.94. The fourth-order valence-corrected chi connectivity index (χ4v) is 2.76. The van der Waals surface area contributed by atoms with Crippen molar-refractivity contribution in [2.24, 2.45) is 5.92 Å². The van der Waals surface area contributed by atoms with Gasteiger partial charge in [-0.05, 0) is 24.6 Å². The molecule has 17 heavy (non-hydrogen) atoms. The molecule has 1 fully saturated rings. The number of nitrogens with two attached hydrogens (primary N) is 1. The predicted molar refractivity (Wildman–Crippen MR) is 68.5 cm³/mol. The first-order valence-electron chi connectivity index (χ1n) is 5.68. The first kappa shape index (κ1) is 10.8. The second-order valence-electron chi connectivity index (χ2n) is 4.25. The van der Waals surface area contributed by atoms with E-state index in [4.69, 9.17) is 15.2 Å². The van der Waals surface area contributed by atoms with E-state index in [9.17, 15) is 0 Å². The van der Waals surface area contributed by atoms with Crippen LogP contribution in [0.3, 0.4) is 0 Å². The maximum Gasteiger partial charge on any atom is 0.274 e. The van der Waals surface area contributed by atoms with Crippen LogP contribution in [-0.4, -0.2) is 24.8 Å². The zero-order chi connectivity index (χ0) is 11.7. The van der Waals surface area contributed by atoms with Crippen LogP contribution in [0, 0.1) is 5.92 Å². The summed E-state index contributed by atoms with van der Waals surface area (Å²) in [6.07, 6.45) is 1.08. The minimum absolute atomic E-state index is 0.507. The molecule has 2 heterocycles. The summed E-state index contributed by atoms with van der Waals surface area (Å²) >= 11 is 1.54. The molecule has 1 saturated heterocycles. The van der Waals surface area contributed by atoms with Crippen molar-refractivity contribution in [1.29, 1.82) is 0 Å². The number of fused-ring (bicyclic) bond motifs is 1. The van der Waals surface area contributed by atoms with Crippen LogP contribution < -0.4 is 10.5 Å². The van der Waals surface area contributed by atoms with E-state index >= 15 is 0 Å². The van der Waals surface area contributed by atoms with Crippen LogP contribution in [0.2, 0.25) is 0 Å². The summed E-state index contributed by atoms with van der Waals surface area (Å²) in [6.45, 7) is 2.34. The van der Waals surface area contributed by atoms with Gasteiger partial charge < -0.3 is 15.2 Å². The molecule has 0 saturated carbocycles. The minimum atomic E-state index is 0.507. The summed E-state index contributed by atoms with van der Waals surface area (Å²) in [5.74, 6) is 0.507. The van der Waals surface area contributed by atoms with Crippen molar-refractivity contribution in [1.82, 2.24) is 4.98 Å². The van der Waals surface area contributed by atoms with Crippen LogP contribution in [0.25, 0.3) is 10.2 Å². The van der Waals surface area contributed by atoms with E-state index in [1.807, 2.05) is 18.2 Å². The smallest absolute Gasteiger partial charge is 0.274 e. The van der Waals surface area contributed by atoms with Gasteiger partial charge in [-0.15, -0.1) is 0 Å². The third-order valence-electron chi connectivity index (χ3n) is 2.86. The number of hydrogen-bond donors (Lipinski definition) is 1. The van der Waals surface area contributed by atoms with Crippen LogP contribution in [-0.2, 0) is 4.74 Å². The van der Waals surface area contributed by atoms with Crippen LogP contribution in [0.1, 0.15) is 6.42 Å². The second-order valence-corrected chi connectivity index (χ2v) is 5.24. The Labute approximate surface area is 103 Å². The van der Waals surface area contributed by atoms with Crippen molar-refractivity contribution < 1.29 is 9.47 Å². The van der Waals surface area contributed by atoms with E-state index in [-0.39, 0.29) is 0 Å². The highest BCUT2D eigenvalue weighted by Gasteiger charge is 2.17. The van der Waals surface area contributed by atoms with Crippen molar-refractivity contribution >= 4 is 27.2 Å². The first-order chi connectivity index (χ1) is 8.31. The van der Waals surface area contributed by atoms with Crippen LogP contribution in [0.15, 0.2) is 18.2 Å². The van der Waals surface area contributed by atoms with Crippen LogP contribution >= 0.6 is 11.3 Å². The highest BCUT2D eigenvalue weighted by Crippen LogP contribution is 2.29. The molecule has 2 aromatic rings. The lowest BCUT2D eigenvalue weighted by Crippen LogP contribution is -2.11. The van der Waals surface area contributed by atoms with Crippen LogP contribution in [0.5, 0.6) is 5.19 Å². The Kier molecular flexibility index (Phi) is 2.86. The maximum atomic E-state index is 5.73. The Hall–Kier alpha value is -1.33.